The SMILES string of the molecule is CC(C)CCCCCCCCCCCCCCCCC(=O)OC[C@H](COC(=O)CCCCCCCCCCCC(C)C)OC(=O)CCCCCCCCCCCCCCCC(C)C. The van der Waals surface area contributed by atoms with Crippen LogP contribution in [-0.2, 0) is 28.6 Å². The fourth-order valence-corrected chi connectivity index (χ4v) is 8.65. The Labute approximate surface area is 393 Å². The van der Waals surface area contributed by atoms with E-state index in [4.69, 9.17) is 14.2 Å². The lowest BCUT2D eigenvalue weighted by Crippen LogP contribution is -2.30. The maximum Gasteiger partial charge on any atom is 0.306 e. The second-order valence-electron chi connectivity index (χ2n) is 21.0. The number of hydrogen-bond donors (Lipinski definition) is 0. The van der Waals surface area contributed by atoms with Crippen LogP contribution in [0.25, 0.3) is 0 Å². The Morgan fingerprint density at radius 2 is 0.460 bits per heavy atom. The van der Waals surface area contributed by atoms with Gasteiger partial charge < -0.3 is 14.2 Å². The van der Waals surface area contributed by atoms with Crippen LogP contribution in [0, 0.1) is 17.8 Å². The summed E-state index contributed by atoms with van der Waals surface area (Å²) in [4.78, 5) is 38.1. The van der Waals surface area contributed by atoms with E-state index in [1.165, 1.54) is 193 Å². The molecule has 0 unspecified atom stereocenters. The van der Waals surface area contributed by atoms with Crippen molar-refractivity contribution in [2.24, 2.45) is 17.8 Å². The first-order valence-electron chi connectivity index (χ1n) is 28.1. The largest absolute Gasteiger partial charge is 0.462 e. The van der Waals surface area contributed by atoms with E-state index in [0.29, 0.717) is 19.3 Å². The number of rotatable bonds is 50. The summed E-state index contributed by atoms with van der Waals surface area (Å²) in [5, 5.41) is 0. The van der Waals surface area contributed by atoms with Gasteiger partial charge in [-0.2, -0.15) is 0 Å². The lowest BCUT2D eigenvalue weighted by atomic mass is 10.0. The lowest BCUT2D eigenvalue weighted by Gasteiger charge is -2.18. The monoisotopic (exact) mass is 891 g/mol. The van der Waals surface area contributed by atoms with Crippen molar-refractivity contribution in [3.8, 4) is 0 Å². The first kappa shape index (κ1) is 61.4. The molecule has 0 amide bonds. The maximum atomic E-state index is 12.8. The first-order chi connectivity index (χ1) is 30.6. The van der Waals surface area contributed by atoms with Crippen LogP contribution in [-0.4, -0.2) is 37.2 Å². The fraction of sp³-hybridized carbons (Fsp3) is 0.947. The lowest BCUT2D eigenvalue weighted by molar-refractivity contribution is -0.167. The summed E-state index contributed by atoms with van der Waals surface area (Å²) < 4.78 is 16.9. The molecule has 6 nitrogen and oxygen atoms in total. The molecule has 0 N–H and O–H groups in total. The van der Waals surface area contributed by atoms with Crippen LogP contribution in [0.5, 0.6) is 0 Å². The summed E-state index contributed by atoms with van der Waals surface area (Å²) in [5.74, 6) is 1.64. The number of ether oxygens (including phenoxy) is 3. The van der Waals surface area contributed by atoms with Gasteiger partial charge in [0.1, 0.15) is 13.2 Å². The molecule has 0 spiro atoms. The van der Waals surface area contributed by atoms with E-state index in [9.17, 15) is 14.4 Å². The van der Waals surface area contributed by atoms with Gasteiger partial charge in [-0.3, -0.25) is 14.4 Å². The third kappa shape index (κ3) is 51.3. The van der Waals surface area contributed by atoms with Crippen molar-refractivity contribution in [3.63, 3.8) is 0 Å². The Morgan fingerprint density at radius 3 is 0.683 bits per heavy atom. The number of esters is 3. The van der Waals surface area contributed by atoms with Crippen LogP contribution in [0.15, 0.2) is 0 Å². The van der Waals surface area contributed by atoms with E-state index in [2.05, 4.69) is 41.5 Å². The molecule has 0 heterocycles. The normalized spacial score (nSPS) is 12.1. The zero-order valence-electron chi connectivity index (χ0n) is 43.4. The highest BCUT2D eigenvalue weighted by Crippen LogP contribution is 2.18. The molecule has 0 aromatic rings. The minimum Gasteiger partial charge on any atom is -0.462 e. The van der Waals surface area contributed by atoms with Gasteiger partial charge in [-0.1, -0.05) is 273 Å². The zero-order chi connectivity index (χ0) is 46.3. The Hall–Kier alpha value is -1.59. The number of hydrogen-bond acceptors (Lipinski definition) is 6. The predicted molar refractivity (Wildman–Crippen MR) is 270 cm³/mol. The van der Waals surface area contributed by atoms with E-state index >= 15 is 0 Å². The van der Waals surface area contributed by atoms with Crippen molar-refractivity contribution >= 4 is 17.9 Å². The van der Waals surface area contributed by atoms with Crippen molar-refractivity contribution in [1.29, 1.82) is 0 Å². The van der Waals surface area contributed by atoms with Crippen LogP contribution in [0.2, 0.25) is 0 Å². The van der Waals surface area contributed by atoms with Gasteiger partial charge in [0, 0.05) is 19.3 Å². The van der Waals surface area contributed by atoms with Crippen molar-refractivity contribution in [2.45, 2.75) is 317 Å². The van der Waals surface area contributed by atoms with Crippen molar-refractivity contribution in [1.82, 2.24) is 0 Å². The predicted octanol–water partition coefficient (Wildman–Crippen LogP) is 18.3. The molecule has 0 rings (SSSR count). The van der Waals surface area contributed by atoms with Gasteiger partial charge >= 0.3 is 17.9 Å². The third-order valence-corrected chi connectivity index (χ3v) is 12.9. The van der Waals surface area contributed by atoms with Crippen LogP contribution >= 0.6 is 0 Å². The van der Waals surface area contributed by atoms with Crippen molar-refractivity contribution in [2.75, 3.05) is 13.2 Å². The first-order valence-corrected chi connectivity index (χ1v) is 28.1. The van der Waals surface area contributed by atoms with E-state index < -0.39 is 6.10 Å². The summed E-state index contributed by atoms with van der Waals surface area (Å²) in [6.07, 6.45) is 49.5. The van der Waals surface area contributed by atoms with Gasteiger partial charge in [-0.05, 0) is 37.0 Å². The second kappa shape index (κ2) is 48.3. The molecule has 0 radical (unpaired) electrons. The Balaban J connectivity index is 4.29. The highest BCUT2D eigenvalue weighted by atomic mass is 16.6. The molecule has 63 heavy (non-hydrogen) atoms. The Morgan fingerprint density at radius 1 is 0.270 bits per heavy atom. The van der Waals surface area contributed by atoms with Gasteiger partial charge in [0.2, 0.25) is 0 Å². The van der Waals surface area contributed by atoms with Crippen LogP contribution in [0.4, 0.5) is 0 Å². The standard InChI is InChI=1S/C57H110O6/c1-51(2)43-37-31-25-19-14-10-7-8-12-16-22-28-34-40-46-55(58)61-49-54(50-62-56(59)47-41-35-29-24-18-21-27-33-39-45-53(5)6)63-57(60)48-42-36-30-23-17-13-9-11-15-20-26-32-38-44-52(3)4/h51-54H,7-50H2,1-6H3/t54-/m1/s1. The average Bonchev–Trinajstić information content (AvgIpc) is 3.24. The topological polar surface area (TPSA) is 78.9 Å². The quantitative estimate of drug-likeness (QED) is 0.0344. The molecule has 0 aromatic carbocycles. The molecule has 0 aliphatic rings. The molecule has 0 aromatic heterocycles. The fourth-order valence-electron chi connectivity index (χ4n) is 8.65. The van der Waals surface area contributed by atoms with Gasteiger partial charge in [0.05, 0.1) is 0 Å². The second-order valence-corrected chi connectivity index (χ2v) is 21.0. The van der Waals surface area contributed by atoms with Crippen molar-refractivity contribution < 1.29 is 28.6 Å². The highest BCUT2D eigenvalue weighted by Gasteiger charge is 2.19. The molecular formula is C57H110O6. The molecule has 0 bridgehead atoms. The molecule has 374 valence electrons. The summed E-state index contributed by atoms with van der Waals surface area (Å²) in [6.45, 7) is 13.7. The van der Waals surface area contributed by atoms with E-state index in [1.807, 2.05) is 0 Å². The molecule has 0 saturated heterocycles. The van der Waals surface area contributed by atoms with Crippen LogP contribution in [0.3, 0.4) is 0 Å². The van der Waals surface area contributed by atoms with Crippen molar-refractivity contribution in [3.05, 3.63) is 0 Å². The van der Waals surface area contributed by atoms with Gasteiger partial charge in [-0.25, -0.2) is 0 Å². The van der Waals surface area contributed by atoms with Crippen LogP contribution < -0.4 is 0 Å². The molecule has 1 atom stereocenters. The Bertz CT molecular complexity index is 976. The van der Waals surface area contributed by atoms with Gasteiger partial charge in [0.15, 0.2) is 6.10 Å². The Kier molecular flexibility index (Phi) is 47.1. The average molecular weight is 892 g/mol. The number of unbranched alkanes of at least 4 members (excludes halogenated alkanes) is 33. The van der Waals surface area contributed by atoms with Crippen LogP contribution in [0.1, 0.15) is 311 Å². The third-order valence-electron chi connectivity index (χ3n) is 12.9. The van der Waals surface area contributed by atoms with E-state index in [1.54, 1.807) is 0 Å². The molecule has 6 heteroatoms. The van der Waals surface area contributed by atoms with E-state index in [0.717, 1.165) is 75.5 Å². The zero-order valence-corrected chi connectivity index (χ0v) is 43.4. The minimum atomic E-state index is -0.763. The maximum absolute atomic E-state index is 12.8. The summed E-state index contributed by atoms with van der Waals surface area (Å²) >= 11 is 0. The molecule has 0 aliphatic carbocycles. The van der Waals surface area contributed by atoms with Gasteiger partial charge in [0.25, 0.3) is 0 Å². The molecule has 0 saturated carbocycles. The van der Waals surface area contributed by atoms with E-state index in [-0.39, 0.29) is 31.1 Å². The molecular weight excluding hydrogens is 781 g/mol. The minimum absolute atomic E-state index is 0.0639. The van der Waals surface area contributed by atoms with Gasteiger partial charge in [-0.15, -0.1) is 0 Å². The smallest absolute Gasteiger partial charge is 0.306 e. The number of carbonyl (C=O) groups is 3. The molecule has 0 aliphatic heterocycles. The summed E-state index contributed by atoms with van der Waals surface area (Å²) in [7, 11) is 0. The number of carbonyl (C=O) groups excluding carboxylic acids is 3. The summed E-state index contributed by atoms with van der Waals surface area (Å²) in [5.41, 5.74) is 0. The summed E-state index contributed by atoms with van der Waals surface area (Å²) in [6, 6.07) is 0. The highest BCUT2D eigenvalue weighted by molar-refractivity contribution is 5.71. The molecule has 0 fully saturated rings.